The van der Waals surface area contributed by atoms with Crippen molar-refractivity contribution in [2.75, 3.05) is 31.0 Å². The normalized spacial score (nSPS) is 11.4. The third-order valence-electron chi connectivity index (χ3n) is 8.41. The highest BCUT2D eigenvalue weighted by Gasteiger charge is 2.24. The van der Waals surface area contributed by atoms with Crippen molar-refractivity contribution in [3.05, 3.63) is 101 Å². The first-order chi connectivity index (χ1) is 25.4. The number of carbonyl (C=O) groups is 3. The van der Waals surface area contributed by atoms with Crippen molar-refractivity contribution < 1.29 is 42.2 Å². The van der Waals surface area contributed by atoms with Gasteiger partial charge in [0.15, 0.2) is 5.78 Å². The maximum absolute atomic E-state index is 13.9. The predicted molar refractivity (Wildman–Crippen MR) is 207 cm³/mol. The quantitative estimate of drug-likeness (QED) is 0.0428. The molecule has 0 saturated carbocycles. The van der Waals surface area contributed by atoms with Crippen molar-refractivity contribution in [3.8, 4) is 5.75 Å². The van der Waals surface area contributed by atoms with Crippen LogP contribution in [0.1, 0.15) is 93.0 Å². The minimum Gasteiger partial charge on any atom is -0.494 e. The van der Waals surface area contributed by atoms with Gasteiger partial charge in [-0.1, -0.05) is 58.2 Å². The summed E-state index contributed by atoms with van der Waals surface area (Å²) in [5.74, 6) is -1.32. The van der Waals surface area contributed by atoms with Gasteiger partial charge in [0.1, 0.15) is 17.1 Å². The van der Waals surface area contributed by atoms with Crippen LogP contribution in [0.5, 0.6) is 5.75 Å². The number of aliphatic carboxylic acids is 2. The van der Waals surface area contributed by atoms with Crippen molar-refractivity contribution in [3.63, 3.8) is 0 Å². The van der Waals surface area contributed by atoms with Crippen LogP contribution >= 0.6 is 0 Å². The Hall–Kier alpha value is -4.94. The van der Waals surface area contributed by atoms with Crippen LogP contribution in [0.4, 0.5) is 5.69 Å². The number of rotatable bonds is 21. The molecule has 0 fully saturated rings. The highest BCUT2D eigenvalue weighted by atomic mass is 32.2. The van der Waals surface area contributed by atoms with Crippen LogP contribution in [0.15, 0.2) is 88.2 Å². The molecule has 0 saturated heterocycles. The summed E-state index contributed by atoms with van der Waals surface area (Å²) in [7, 11) is -3.82. The third-order valence-corrected chi connectivity index (χ3v) is 9.95. The molecule has 11 nitrogen and oxygen atoms in total. The Morgan fingerprint density at radius 1 is 0.811 bits per heavy atom. The fourth-order valence-corrected chi connectivity index (χ4v) is 6.91. The molecule has 286 valence electrons. The maximum atomic E-state index is 13.9. The van der Waals surface area contributed by atoms with Crippen LogP contribution in [0, 0.1) is 6.92 Å². The molecule has 0 bridgehead atoms. The number of ketones is 1. The Labute approximate surface area is 312 Å². The minimum atomic E-state index is -3.82. The summed E-state index contributed by atoms with van der Waals surface area (Å²) in [6.07, 6.45) is 9.34. The number of nitrogens with zero attached hydrogens (tertiary/aromatic N) is 1. The monoisotopic (exact) mass is 748 g/mol. The van der Waals surface area contributed by atoms with Gasteiger partial charge >= 0.3 is 11.9 Å². The number of aryl methyl sites for hydroxylation is 2. The van der Waals surface area contributed by atoms with Gasteiger partial charge in [0.2, 0.25) is 0 Å². The lowest BCUT2D eigenvalue weighted by Crippen LogP contribution is -2.28. The Kier molecular flexibility index (Phi) is 17.3. The van der Waals surface area contributed by atoms with Gasteiger partial charge in [0.25, 0.3) is 10.0 Å². The molecule has 12 heteroatoms. The molecule has 0 spiro atoms. The second-order valence-corrected chi connectivity index (χ2v) is 14.4. The van der Waals surface area contributed by atoms with Crippen LogP contribution in [-0.4, -0.2) is 67.5 Å². The SMILES string of the molecule is CCCCc1oc2ccc(NS(=O)(=O)c3ccccc3C)cc2c1C(=O)c1ccc(OCCCN(CCCC)CCCC)cc1.O=C(O)C=CC(=O)O. The number of furan rings is 1. The Morgan fingerprint density at radius 2 is 1.42 bits per heavy atom. The first-order valence-corrected chi connectivity index (χ1v) is 19.7. The topological polar surface area (TPSA) is 163 Å². The minimum absolute atomic E-state index is 0.159. The zero-order valence-electron chi connectivity index (χ0n) is 31.1. The number of ether oxygens (including phenoxy) is 1. The summed E-state index contributed by atoms with van der Waals surface area (Å²) in [6, 6.07) is 19.2. The average Bonchev–Trinajstić information content (AvgIpc) is 3.50. The van der Waals surface area contributed by atoms with Gasteiger partial charge < -0.3 is 24.3 Å². The lowest BCUT2D eigenvalue weighted by molar-refractivity contribution is -0.134. The smallest absolute Gasteiger partial charge is 0.328 e. The van der Waals surface area contributed by atoms with Crippen LogP contribution < -0.4 is 9.46 Å². The van der Waals surface area contributed by atoms with Gasteiger partial charge in [-0.15, -0.1) is 0 Å². The number of carboxylic acids is 2. The molecule has 4 aromatic rings. The van der Waals surface area contributed by atoms with E-state index in [1.807, 2.05) is 12.1 Å². The molecule has 0 radical (unpaired) electrons. The summed E-state index contributed by atoms with van der Waals surface area (Å²) in [5, 5.41) is 16.2. The van der Waals surface area contributed by atoms with Crippen LogP contribution in [0.3, 0.4) is 0 Å². The lowest BCUT2D eigenvalue weighted by Gasteiger charge is -2.21. The van der Waals surface area contributed by atoms with Crippen molar-refractivity contribution in [1.82, 2.24) is 4.90 Å². The van der Waals surface area contributed by atoms with Gasteiger partial charge in [0.05, 0.1) is 17.1 Å². The zero-order chi connectivity index (χ0) is 38.8. The molecule has 3 aromatic carbocycles. The van der Waals surface area contributed by atoms with Crippen LogP contribution in [-0.2, 0) is 26.0 Å². The number of sulfonamides is 1. The third kappa shape index (κ3) is 13.5. The first-order valence-electron chi connectivity index (χ1n) is 18.2. The van der Waals surface area contributed by atoms with Gasteiger partial charge in [0, 0.05) is 41.8 Å². The van der Waals surface area contributed by atoms with Gasteiger partial charge in [-0.2, -0.15) is 0 Å². The van der Waals surface area contributed by atoms with E-state index in [4.69, 9.17) is 19.4 Å². The molecule has 0 atom stereocenters. The first kappa shape index (κ1) is 42.5. The van der Waals surface area contributed by atoms with Crippen LogP contribution in [0.25, 0.3) is 11.0 Å². The number of hydrogen-bond donors (Lipinski definition) is 3. The highest BCUT2D eigenvalue weighted by Crippen LogP contribution is 2.33. The summed E-state index contributed by atoms with van der Waals surface area (Å²) in [6.45, 7) is 12.2. The van der Waals surface area contributed by atoms with E-state index in [0.29, 0.717) is 64.3 Å². The van der Waals surface area contributed by atoms with Crippen LogP contribution in [0.2, 0.25) is 0 Å². The number of unbranched alkanes of at least 4 members (excludes halogenated alkanes) is 3. The summed E-state index contributed by atoms with van der Waals surface area (Å²) >= 11 is 0. The fraction of sp³-hybridized carbons (Fsp3) is 0.390. The molecule has 0 aliphatic carbocycles. The molecule has 1 aromatic heterocycles. The Balaban J connectivity index is 0.000000846. The molecular weight excluding hydrogens is 697 g/mol. The molecule has 0 amide bonds. The number of hydrogen-bond acceptors (Lipinski definition) is 8. The number of fused-ring (bicyclic) bond motifs is 1. The van der Waals surface area contributed by atoms with E-state index in [2.05, 4.69) is 30.4 Å². The molecule has 3 N–H and O–H groups in total. The zero-order valence-corrected chi connectivity index (χ0v) is 31.9. The fourth-order valence-electron chi connectivity index (χ4n) is 5.61. The number of benzene rings is 3. The second-order valence-electron chi connectivity index (χ2n) is 12.7. The van der Waals surface area contributed by atoms with Crippen molar-refractivity contribution in [2.45, 2.75) is 84.0 Å². The molecule has 4 rings (SSSR count). The number of nitrogens with one attached hydrogen (secondary N) is 1. The molecule has 53 heavy (non-hydrogen) atoms. The van der Waals surface area contributed by atoms with Crippen molar-refractivity contribution in [1.29, 1.82) is 0 Å². The van der Waals surface area contributed by atoms with E-state index in [1.165, 1.54) is 25.7 Å². The van der Waals surface area contributed by atoms with Gasteiger partial charge in [-0.25, -0.2) is 18.0 Å². The summed E-state index contributed by atoms with van der Waals surface area (Å²) in [5.41, 5.74) is 2.58. The number of anilines is 1. The Morgan fingerprint density at radius 3 is 2.00 bits per heavy atom. The van der Waals surface area contributed by atoms with Gasteiger partial charge in [-0.3, -0.25) is 9.52 Å². The standard InChI is InChI=1S/C37H48N2O5S.C4H4O4/c1-5-8-15-34-36(32-27-30(19-22-33(32)44-34)38-45(41,42)35-16-12-11-14-28(35)4)37(40)29-17-20-31(21-18-29)43-26-13-25-39(23-9-6-2)24-10-7-3;5-3(6)1-2-4(7)8/h11-12,14,16-22,27,38H,5-10,13,15,23-26H2,1-4H3;1-2H,(H,5,6)(H,7,8). The number of carboxylic acid groups (broad SMARTS) is 2. The highest BCUT2D eigenvalue weighted by molar-refractivity contribution is 7.92. The second kappa shape index (κ2) is 21.6. The molecule has 0 aliphatic rings. The van der Waals surface area contributed by atoms with E-state index < -0.39 is 22.0 Å². The predicted octanol–water partition coefficient (Wildman–Crippen LogP) is 8.50. The summed E-state index contributed by atoms with van der Waals surface area (Å²) in [4.78, 5) is 35.8. The lowest BCUT2D eigenvalue weighted by atomic mass is 9.98. The molecule has 0 aliphatic heterocycles. The Bertz CT molecular complexity index is 1910. The average molecular weight is 749 g/mol. The van der Waals surface area contributed by atoms with E-state index in [1.54, 1.807) is 61.5 Å². The maximum Gasteiger partial charge on any atom is 0.328 e. The molecular formula is C41H52N2O9S. The molecule has 0 unspecified atom stereocenters. The van der Waals surface area contributed by atoms with Crippen molar-refractivity contribution in [2.24, 2.45) is 0 Å². The van der Waals surface area contributed by atoms with E-state index in [-0.39, 0.29) is 10.7 Å². The molecule has 1 heterocycles. The van der Waals surface area contributed by atoms with E-state index in [0.717, 1.165) is 44.6 Å². The van der Waals surface area contributed by atoms with E-state index >= 15 is 0 Å². The summed E-state index contributed by atoms with van der Waals surface area (Å²) < 4.78 is 41.2. The largest absolute Gasteiger partial charge is 0.494 e. The van der Waals surface area contributed by atoms with Crippen molar-refractivity contribution >= 4 is 44.4 Å². The van der Waals surface area contributed by atoms with E-state index in [9.17, 15) is 22.8 Å². The van der Waals surface area contributed by atoms with Gasteiger partial charge in [-0.05, 0) is 99.8 Å². The number of carbonyl (C=O) groups excluding carboxylic acids is 1.